The van der Waals surface area contributed by atoms with Gasteiger partial charge in [-0.3, -0.25) is 4.90 Å². The average Bonchev–Trinajstić information content (AvgIpc) is 2.90. The second-order valence-electron chi connectivity index (χ2n) is 4.37. The summed E-state index contributed by atoms with van der Waals surface area (Å²) in [6.07, 6.45) is 4.44. The third kappa shape index (κ3) is 4.02. The molecule has 1 aromatic heterocycles. The fraction of sp³-hybridized carbons (Fsp3) is 0.333. The molecule has 0 unspecified atom stereocenters. The van der Waals surface area contributed by atoms with Gasteiger partial charge in [0.05, 0.1) is 19.1 Å². The maximum atomic E-state index is 9.10. The van der Waals surface area contributed by atoms with Crippen LogP contribution < -0.4 is 0 Å². The number of aliphatic hydroxyl groups excluding tert-OH is 1. The van der Waals surface area contributed by atoms with Gasteiger partial charge >= 0.3 is 0 Å². The van der Waals surface area contributed by atoms with Crippen LogP contribution in [0.3, 0.4) is 0 Å². The maximum Gasteiger partial charge on any atom is 0.0947 e. The molecule has 0 spiro atoms. The highest BCUT2D eigenvalue weighted by Crippen LogP contribution is 2.07. The van der Waals surface area contributed by atoms with Crippen LogP contribution in [-0.2, 0) is 13.0 Å². The zero-order valence-corrected chi connectivity index (χ0v) is 10.5. The van der Waals surface area contributed by atoms with Crippen molar-refractivity contribution in [1.29, 1.82) is 0 Å². The zero-order chi connectivity index (χ0) is 12.6. The van der Waals surface area contributed by atoms with E-state index >= 15 is 0 Å². The molecule has 18 heavy (non-hydrogen) atoms. The Morgan fingerprint density at radius 1 is 1.00 bits per heavy atom. The maximum absolute atomic E-state index is 9.10. The van der Waals surface area contributed by atoms with Crippen LogP contribution in [0.1, 0.15) is 11.1 Å². The third-order valence-electron chi connectivity index (χ3n) is 2.96. The molecule has 0 aliphatic carbocycles. The molecule has 0 saturated heterocycles. The van der Waals surface area contributed by atoms with Gasteiger partial charge in [0.1, 0.15) is 0 Å². The van der Waals surface area contributed by atoms with Gasteiger partial charge in [0.25, 0.3) is 0 Å². The normalized spacial score (nSPS) is 11.0. The van der Waals surface area contributed by atoms with E-state index in [0.717, 1.165) is 25.1 Å². The van der Waals surface area contributed by atoms with Gasteiger partial charge in [-0.15, -0.1) is 0 Å². The van der Waals surface area contributed by atoms with Gasteiger partial charge in [-0.05, 0) is 18.1 Å². The Kier molecular flexibility index (Phi) is 5.00. The number of nitrogens with zero attached hydrogens (tertiary/aromatic N) is 1. The third-order valence-corrected chi connectivity index (χ3v) is 2.96. The van der Waals surface area contributed by atoms with Crippen molar-refractivity contribution >= 4 is 0 Å². The van der Waals surface area contributed by atoms with Crippen LogP contribution in [0, 0.1) is 0 Å². The molecule has 2 rings (SSSR count). The minimum atomic E-state index is 0.187. The lowest BCUT2D eigenvalue weighted by atomic mass is 10.1. The standard InChI is InChI=1S/C15H19NO2/c17-10-9-16(12-15-7-11-18-13-15)8-6-14-4-2-1-3-5-14/h1-5,7,11,13,17H,6,8-10,12H2. The largest absolute Gasteiger partial charge is 0.472 e. The molecule has 3 nitrogen and oxygen atoms in total. The first-order chi connectivity index (χ1) is 8.88. The van der Waals surface area contributed by atoms with Crippen molar-refractivity contribution in [2.24, 2.45) is 0 Å². The molecule has 2 aromatic rings. The number of hydrogen-bond acceptors (Lipinski definition) is 3. The number of benzene rings is 1. The number of aliphatic hydroxyl groups is 1. The molecule has 0 atom stereocenters. The smallest absolute Gasteiger partial charge is 0.0947 e. The van der Waals surface area contributed by atoms with Gasteiger partial charge < -0.3 is 9.52 Å². The lowest BCUT2D eigenvalue weighted by Gasteiger charge is -2.20. The van der Waals surface area contributed by atoms with Crippen molar-refractivity contribution in [3.05, 3.63) is 60.1 Å². The van der Waals surface area contributed by atoms with Crippen LogP contribution >= 0.6 is 0 Å². The van der Waals surface area contributed by atoms with Crippen LogP contribution in [-0.4, -0.2) is 29.7 Å². The van der Waals surface area contributed by atoms with Crippen molar-refractivity contribution < 1.29 is 9.52 Å². The molecule has 3 heteroatoms. The Labute approximate surface area is 108 Å². The van der Waals surface area contributed by atoms with Crippen LogP contribution in [0.2, 0.25) is 0 Å². The summed E-state index contributed by atoms with van der Waals surface area (Å²) in [4.78, 5) is 2.23. The van der Waals surface area contributed by atoms with Gasteiger partial charge in [0.2, 0.25) is 0 Å². The molecule has 0 amide bonds. The van der Waals surface area contributed by atoms with E-state index in [1.807, 2.05) is 12.1 Å². The van der Waals surface area contributed by atoms with Crippen LogP contribution in [0.4, 0.5) is 0 Å². The zero-order valence-electron chi connectivity index (χ0n) is 10.5. The van der Waals surface area contributed by atoms with Crippen molar-refractivity contribution in [2.75, 3.05) is 19.7 Å². The predicted molar refractivity (Wildman–Crippen MR) is 71.2 cm³/mol. The molecule has 1 N–H and O–H groups in total. The fourth-order valence-corrected chi connectivity index (χ4v) is 1.98. The molecule has 0 aliphatic rings. The molecule has 0 bridgehead atoms. The highest BCUT2D eigenvalue weighted by atomic mass is 16.3. The van der Waals surface area contributed by atoms with Crippen molar-refractivity contribution in [2.45, 2.75) is 13.0 Å². The highest BCUT2D eigenvalue weighted by Gasteiger charge is 2.06. The van der Waals surface area contributed by atoms with Crippen molar-refractivity contribution in [3.63, 3.8) is 0 Å². The van der Waals surface area contributed by atoms with Crippen LogP contribution in [0.15, 0.2) is 53.3 Å². The molecule has 0 saturated carbocycles. The predicted octanol–water partition coefficient (Wildman–Crippen LogP) is 2.32. The Hall–Kier alpha value is -1.58. The Bertz CT molecular complexity index is 425. The van der Waals surface area contributed by atoms with E-state index in [0.29, 0.717) is 6.54 Å². The molecule has 0 fully saturated rings. The van der Waals surface area contributed by atoms with Gasteiger partial charge in [-0.25, -0.2) is 0 Å². The first-order valence-electron chi connectivity index (χ1n) is 6.26. The van der Waals surface area contributed by atoms with Gasteiger partial charge in [0.15, 0.2) is 0 Å². The monoisotopic (exact) mass is 245 g/mol. The first-order valence-corrected chi connectivity index (χ1v) is 6.26. The van der Waals surface area contributed by atoms with E-state index < -0.39 is 0 Å². The summed E-state index contributed by atoms with van der Waals surface area (Å²) in [6.45, 7) is 2.64. The number of rotatable bonds is 7. The lowest BCUT2D eigenvalue weighted by Crippen LogP contribution is -2.28. The van der Waals surface area contributed by atoms with Crippen LogP contribution in [0.5, 0.6) is 0 Å². The van der Waals surface area contributed by atoms with Crippen LogP contribution in [0.25, 0.3) is 0 Å². The average molecular weight is 245 g/mol. The molecular formula is C15H19NO2. The molecule has 0 aliphatic heterocycles. The summed E-state index contributed by atoms with van der Waals surface area (Å²) in [5, 5.41) is 9.10. The van der Waals surface area contributed by atoms with E-state index in [1.165, 1.54) is 5.56 Å². The second-order valence-corrected chi connectivity index (χ2v) is 4.37. The Morgan fingerprint density at radius 3 is 2.50 bits per heavy atom. The molecule has 1 heterocycles. The van der Waals surface area contributed by atoms with Gasteiger partial charge in [-0.2, -0.15) is 0 Å². The highest BCUT2D eigenvalue weighted by molar-refractivity contribution is 5.15. The first kappa shape index (κ1) is 12.9. The molecular weight excluding hydrogens is 226 g/mol. The summed E-state index contributed by atoms with van der Waals surface area (Å²) in [7, 11) is 0. The quantitative estimate of drug-likeness (QED) is 0.813. The number of furan rings is 1. The minimum absolute atomic E-state index is 0.187. The summed E-state index contributed by atoms with van der Waals surface area (Å²) in [5.41, 5.74) is 2.48. The molecule has 0 radical (unpaired) electrons. The summed E-state index contributed by atoms with van der Waals surface area (Å²) < 4.78 is 5.07. The molecule has 1 aromatic carbocycles. The van der Waals surface area contributed by atoms with E-state index in [9.17, 15) is 0 Å². The SMILES string of the molecule is OCCN(CCc1ccccc1)Cc1ccoc1. The van der Waals surface area contributed by atoms with Gasteiger partial charge in [-0.1, -0.05) is 30.3 Å². The second kappa shape index (κ2) is 6.99. The summed E-state index contributed by atoms with van der Waals surface area (Å²) in [5.74, 6) is 0. The van der Waals surface area contributed by atoms with Gasteiger partial charge in [0, 0.05) is 25.2 Å². The Morgan fingerprint density at radius 2 is 1.83 bits per heavy atom. The topological polar surface area (TPSA) is 36.6 Å². The minimum Gasteiger partial charge on any atom is -0.472 e. The number of hydrogen-bond donors (Lipinski definition) is 1. The summed E-state index contributed by atoms with van der Waals surface area (Å²) >= 11 is 0. The van der Waals surface area contributed by atoms with E-state index in [2.05, 4.69) is 29.2 Å². The van der Waals surface area contributed by atoms with E-state index in [-0.39, 0.29) is 6.61 Å². The van der Waals surface area contributed by atoms with E-state index in [1.54, 1.807) is 12.5 Å². The van der Waals surface area contributed by atoms with E-state index in [4.69, 9.17) is 9.52 Å². The summed E-state index contributed by atoms with van der Waals surface area (Å²) in [6, 6.07) is 12.4. The molecule has 96 valence electrons. The van der Waals surface area contributed by atoms with Crippen molar-refractivity contribution in [3.8, 4) is 0 Å². The Balaban J connectivity index is 1.86. The fourth-order valence-electron chi connectivity index (χ4n) is 1.98. The lowest BCUT2D eigenvalue weighted by molar-refractivity contribution is 0.191. The van der Waals surface area contributed by atoms with Crippen molar-refractivity contribution in [1.82, 2.24) is 4.90 Å².